The minimum absolute atomic E-state index is 0.352. The fourth-order valence-electron chi connectivity index (χ4n) is 2.20. The van der Waals surface area contributed by atoms with Gasteiger partial charge >= 0.3 is 0 Å². The average molecular weight is 219 g/mol. The minimum Gasteiger partial charge on any atom is -0.313 e. The van der Waals surface area contributed by atoms with Crippen molar-refractivity contribution in [3.8, 4) is 0 Å². The van der Waals surface area contributed by atoms with Crippen molar-refractivity contribution in [1.82, 2.24) is 5.32 Å². The van der Waals surface area contributed by atoms with Gasteiger partial charge in [0.1, 0.15) is 0 Å². The molecule has 1 aromatic carbocycles. The highest BCUT2D eigenvalue weighted by molar-refractivity contribution is 5.32. The molecule has 0 saturated carbocycles. The Balaban J connectivity index is 2.95. The van der Waals surface area contributed by atoms with Crippen LogP contribution in [0.1, 0.15) is 49.9 Å². The van der Waals surface area contributed by atoms with Crippen molar-refractivity contribution in [3.63, 3.8) is 0 Å². The molecule has 1 rings (SSSR count). The average Bonchev–Trinajstić information content (AvgIpc) is 2.13. The summed E-state index contributed by atoms with van der Waals surface area (Å²) in [5, 5.41) is 3.44. The van der Waals surface area contributed by atoms with Gasteiger partial charge in [-0.3, -0.25) is 0 Å². The number of aryl methyl sites for hydroxylation is 2. The smallest absolute Gasteiger partial charge is 0.0325 e. The lowest BCUT2D eigenvalue weighted by Gasteiger charge is -2.27. The molecule has 0 aliphatic rings. The molecule has 0 amide bonds. The summed E-state index contributed by atoms with van der Waals surface area (Å²) in [5.74, 6) is 0. The van der Waals surface area contributed by atoms with Crippen LogP contribution in [0, 0.1) is 19.3 Å². The monoisotopic (exact) mass is 219 g/mol. The molecule has 0 radical (unpaired) electrons. The van der Waals surface area contributed by atoms with Crippen LogP contribution in [0.2, 0.25) is 0 Å². The van der Waals surface area contributed by atoms with E-state index in [2.05, 4.69) is 65.2 Å². The number of hydrogen-bond donors (Lipinski definition) is 1. The van der Waals surface area contributed by atoms with Crippen molar-refractivity contribution in [2.45, 2.75) is 47.1 Å². The number of rotatable bonds is 3. The van der Waals surface area contributed by atoms with Crippen LogP contribution >= 0.6 is 0 Å². The van der Waals surface area contributed by atoms with Crippen molar-refractivity contribution in [1.29, 1.82) is 0 Å². The molecule has 1 atom stereocenters. The molecule has 0 saturated heterocycles. The van der Waals surface area contributed by atoms with Crippen molar-refractivity contribution < 1.29 is 0 Å². The summed E-state index contributed by atoms with van der Waals surface area (Å²) in [6, 6.07) is 7.19. The summed E-state index contributed by atoms with van der Waals surface area (Å²) in [6.07, 6.45) is 1.16. The van der Waals surface area contributed by atoms with Gasteiger partial charge in [0.05, 0.1) is 0 Å². The second-order valence-corrected chi connectivity index (χ2v) is 5.97. The van der Waals surface area contributed by atoms with Gasteiger partial charge < -0.3 is 5.32 Å². The lowest BCUT2D eigenvalue weighted by Crippen LogP contribution is -2.23. The van der Waals surface area contributed by atoms with Crippen molar-refractivity contribution in [2.75, 3.05) is 7.05 Å². The first-order chi connectivity index (χ1) is 7.33. The predicted molar refractivity (Wildman–Crippen MR) is 71.8 cm³/mol. The molecule has 0 fully saturated rings. The molecule has 0 aromatic heterocycles. The van der Waals surface area contributed by atoms with Gasteiger partial charge in [0, 0.05) is 6.04 Å². The standard InChI is InChI=1S/C15H25N/c1-11-7-8-13(12(2)9-11)14(16-6)10-15(3,4)5/h7-9,14,16H,10H2,1-6H3. The van der Waals surface area contributed by atoms with Crippen LogP contribution in [-0.4, -0.2) is 7.05 Å². The molecule has 0 aliphatic carbocycles. The second kappa shape index (κ2) is 5.01. The van der Waals surface area contributed by atoms with Crippen LogP contribution < -0.4 is 5.32 Å². The molecule has 1 nitrogen and oxygen atoms in total. The van der Waals surface area contributed by atoms with Gasteiger partial charge in [0.15, 0.2) is 0 Å². The number of nitrogens with one attached hydrogen (secondary N) is 1. The molecule has 0 bridgehead atoms. The first kappa shape index (κ1) is 13.2. The molecule has 16 heavy (non-hydrogen) atoms. The largest absolute Gasteiger partial charge is 0.313 e. The fourth-order valence-corrected chi connectivity index (χ4v) is 2.20. The van der Waals surface area contributed by atoms with Crippen LogP contribution in [0.5, 0.6) is 0 Å². The van der Waals surface area contributed by atoms with E-state index in [0.717, 1.165) is 6.42 Å². The van der Waals surface area contributed by atoms with Gasteiger partial charge in [0.2, 0.25) is 0 Å². The number of benzene rings is 1. The Morgan fingerprint density at radius 2 is 1.81 bits per heavy atom. The molecule has 90 valence electrons. The Hall–Kier alpha value is -0.820. The van der Waals surface area contributed by atoms with E-state index >= 15 is 0 Å². The Kier molecular flexibility index (Phi) is 4.15. The van der Waals surface area contributed by atoms with Crippen molar-refractivity contribution in [3.05, 3.63) is 34.9 Å². The van der Waals surface area contributed by atoms with Gasteiger partial charge in [-0.25, -0.2) is 0 Å². The molecule has 1 N–H and O–H groups in total. The van der Waals surface area contributed by atoms with Crippen LogP contribution in [0.25, 0.3) is 0 Å². The maximum Gasteiger partial charge on any atom is 0.0325 e. The van der Waals surface area contributed by atoms with Crippen LogP contribution in [0.4, 0.5) is 0 Å². The quantitative estimate of drug-likeness (QED) is 0.810. The molecular formula is C15H25N. The maximum atomic E-state index is 3.44. The topological polar surface area (TPSA) is 12.0 Å². The van der Waals surface area contributed by atoms with E-state index < -0.39 is 0 Å². The zero-order valence-electron chi connectivity index (χ0n) is 11.5. The lowest BCUT2D eigenvalue weighted by molar-refractivity contribution is 0.320. The molecule has 0 aliphatic heterocycles. The van der Waals surface area contributed by atoms with Gasteiger partial charge in [-0.2, -0.15) is 0 Å². The Labute approximate surface area is 100 Å². The molecule has 0 heterocycles. The summed E-state index contributed by atoms with van der Waals surface area (Å²) in [4.78, 5) is 0. The van der Waals surface area contributed by atoms with E-state index in [1.807, 2.05) is 0 Å². The number of hydrogen-bond acceptors (Lipinski definition) is 1. The lowest BCUT2D eigenvalue weighted by atomic mass is 9.84. The summed E-state index contributed by atoms with van der Waals surface area (Å²) >= 11 is 0. The maximum absolute atomic E-state index is 3.44. The van der Waals surface area contributed by atoms with E-state index in [1.165, 1.54) is 16.7 Å². The van der Waals surface area contributed by atoms with E-state index in [0.29, 0.717) is 11.5 Å². The highest BCUT2D eigenvalue weighted by Gasteiger charge is 2.19. The zero-order valence-corrected chi connectivity index (χ0v) is 11.5. The predicted octanol–water partition coefficient (Wildman–Crippen LogP) is 4.00. The Bertz CT molecular complexity index is 347. The summed E-state index contributed by atoms with van der Waals surface area (Å²) in [7, 11) is 2.05. The van der Waals surface area contributed by atoms with Crippen LogP contribution in [0.3, 0.4) is 0 Å². The summed E-state index contributed by atoms with van der Waals surface area (Å²) in [6.45, 7) is 11.2. The summed E-state index contributed by atoms with van der Waals surface area (Å²) in [5.41, 5.74) is 4.52. The van der Waals surface area contributed by atoms with Gasteiger partial charge in [-0.05, 0) is 43.9 Å². The molecule has 1 heteroatoms. The van der Waals surface area contributed by atoms with Gasteiger partial charge in [-0.15, -0.1) is 0 Å². The van der Waals surface area contributed by atoms with Gasteiger partial charge in [0.25, 0.3) is 0 Å². The van der Waals surface area contributed by atoms with E-state index in [-0.39, 0.29) is 0 Å². The van der Waals surface area contributed by atoms with Crippen LogP contribution in [0.15, 0.2) is 18.2 Å². The van der Waals surface area contributed by atoms with Crippen molar-refractivity contribution >= 4 is 0 Å². The Morgan fingerprint density at radius 3 is 2.25 bits per heavy atom. The molecule has 1 unspecified atom stereocenters. The Morgan fingerprint density at radius 1 is 1.19 bits per heavy atom. The van der Waals surface area contributed by atoms with Crippen LogP contribution in [-0.2, 0) is 0 Å². The SMILES string of the molecule is CNC(CC(C)(C)C)c1ccc(C)cc1C. The zero-order chi connectivity index (χ0) is 12.3. The van der Waals surface area contributed by atoms with E-state index in [1.54, 1.807) is 0 Å². The third-order valence-electron chi connectivity index (χ3n) is 2.97. The van der Waals surface area contributed by atoms with E-state index in [4.69, 9.17) is 0 Å². The molecule has 0 spiro atoms. The third-order valence-corrected chi connectivity index (χ3v) is 2.97. The second-order valence-electron chi connectivity index (χ2n) is 5.97. The van der Waals surface area contributed by atoms with E-state index in [9.17, 15) is 0 Å². The van der Waals surface area contributed by atoms with Crippen molar-refractivity contribution in [2.24, 2.45) is 5.41 Å². The highest BCUT2D eigenvalue weighted by Crippen LogP contribution is 2.30. The highest BCUT2D eigenvalue weighted by atomic mass is 14.9. The molecule has 1 aromatic rings. The normalized spacial score (nSPS) is 13.9. The fraction of sp³-hybridized carbons (Fsp3) is 0.600. The van der Waals surface area contributed by atoms with Gasteiger partial charge in [-0.1, -0.05) is 44.5 Å². The third kappa shape index (κ3) is 3.64. The first-order valence-electron chi connectivity index (χ1n) is 6.08. The molecular weight excluding hydrogens is 194 g/mol. The first-order valence-corrected chi connectivity index (χ1v) is 6.08. The summed E-state index contributed by atoms with van der Waals surface area (Å²) < 4.78 is 0. The minimum atomic E-state index is 0.352.